The van der Waals surface area contributed by atoms with Crippen molar-refractivity contribution in [3.8, 4) is 0 Å². The van der Waals surface area contributed by atoms with Gasteiger partial charge in [-0.2, -0.15) is 0 Å². The largest absolute Gasteiger partial charge is 0.355 e. The molecule has 1 aliphatic rings. The number of hydrogen-bond donors (Lipinski definition) is 1. The lowest BCUT2D eigenvalue weighted by molar-refractivity contribution is -0.132. The lowest BCUT2D eigenvalue weighted by Crippen LogP contribution is -2.37. The first-order valence-electron chi connectivity index (χ1n) is 8.04. The van der Waals surface area contributed by atoms with Gasteiger partial charge in [0.2, 0.25) is 11.8 Å². The van der Waals surface area contributed by atoms with Crippen LogP contribution in [-0.4, -0.2) is 24.9 Å². The van der Waals surface area contributed by atoms with Gasteiger partial charge in [0.15, 0.2) is 0 Å². The van der Waals surface area contributed by atoms with Crippen molar-refractivity contribution in [3.63, 3.8) is 0 Å². The molecular formula is C19H19BrN2O2. The van der Waals surface area contributed by atoms with Crippen molar-refractivity contribution in [1.82, 2.24) is 5.32 Å². The molecule has 0 aliphatic carbocycles. The van der Waals surface area contributed by atoms with E-state index in [0.29, 0.717) is 19.5 Å². The molecule has 2 aromatic rings. The summed E-state index contributed by atoms with van der Waals surface area (Å²) in [5.74, 6) is -0.866. The fourth-order valence-electron chi connectivity index (χ4n) is 2.90. The van der Waals surface area contributed by atoms with Crippen LogP contribution in [0.4, 0.5) is 5.69 Å². The summed E-state index contributed by atoms with van der Waals surface area (Å²) in [5, 5.41) is 2.89. The SMILES string of the molecule is O=C(NCCc1ccccc1)C1CCN(c2ccc(Br)cc2)C1=O. The standard InChI is InChI=1S/C19H19BrN2O2/c20-15-6-8-16(9-7-15)22-13-11-17(19(22)24)18(23)21-12-10-14-4-2-1-3-5-14/h1-9,17H,10-13H2,(H,21,23). The minimum Gasteiger partial charge on any atom is -0.355 e. The topological polar surface area (TPSA) is 49.4 Å². The van der Waals surface area contributed by atoms with E-state index in [1.807, 2.05) is 54.6 Å². The number of rotatable bonds is 5. The maximum absolute atomic E-state index is 12.5. The molecule has 0 spiro atoms. The van der Waals surface area contributed by atoms with Gasteiger partial charge in [-0.25, -0.2) is 0 Å². The third-order valence-corrected chi connectivity index (χ3v) is 4.74. The molecule has 1 heterocycles. The quantitative estimate of drug-likeness (QED) is 0.802. The molecule has 1 atom stereocenters. The van der Waals surface area contributed by atoms with Gasteiger partial charge in [0.25, 0.3) is 0 Å². The van der Waals surface area contributed by atoms with Gasteiger partial charge in [0.1, 0.15) is 5.92 Å². The van der Waals surface area contributed by atoms with E-state index in [-0.39, 0.29) is 11.8 Å². The number of nitrogens with zero attached hydrogens (tertiary/aromatic N) is 1. The highest BCUT2D eigenvalue weighted by molar-refractivity contribution is 9.10. The summed E-state index contributed by atoms with van der Waals surface area (Å²) in [4.78, 5) is 26.5. The second-order valence-electron chi connectivity index (χ2n) is 5.83. The van der Waals surface area contributed by atoms with E-state index in [4.69, 9.17) is 0 Å². The Hall–Kier alpha value is -2.14. The molecule has 3 rings (SSSR count). The van der Waals surface area contributed by atoms with Crippen LogP contribution in [0, 0.1) is 5.92 Å². The molecule has 2 aromatic carbocycles. The van der Waals surface area contributed by atoms with E-state index in [1.165, 1.54) is 5.56 Å². The van der Waals surface area contributed by atoms with Gasteiger partial charge in [0.05, 0.1) is 0 Å². The molecule has 0 radical (unpaired) electrons. The zero-order chi connectivity index (χ0) is 16.9. The normalized spacial score (nSPS) is 17.1. The summed E-state index contributed by atoms with van der Waals surface area (Å²) in [6.07, 6.45) is 1.33. The predicted molar refractivity (Wildman–Crippen MR) is 97.8 cm³/mol. The lowest BCUT2D eigenvalue weighted by atomic mass is 10.1. The second kappa shape index (κ2) is 7.62. The number of halogens is 1. The molecule has 2 amide bonds. The van der Waals surface area contributed by atoms with Crippen LogP contribution >= 0.6 is 15.9 Å². The molecule has 4 nitrogen and oxygen atoms in total. The van der Waals surface area contributed by atoms with Gasteiger partial charge in [0, 0.05) is 23.2 Å². The van der Waals surface area contributed by atoms with Crippen molar-refractivity contribution in [3.05, 3.63) is 64.6 Å². The maximum Gasteiger partial charge on any atom is 0.239 e. The van der Waals surface area contributed by atoms with E-state index in [2.05, 4.69) is 21.2 Å². The van der Waals surface area contributed by atoms with Crippen molar-refractivity contribution >= 4 is 33.4 Å². The van der Waals surface area contributed by atoms with Crippen molar-refractivity contribution in [1.29, 1.82) is 0 Å². The van der Waals surface area contributed by atoms with Gasteiger partial charge < -0.3 is 10.2 Å². The Bertz CT molecular complexity index is 716. The third kappa shape index (κ3) is 3.85. The summed E-state index contributed by atoms with van der Waals surface area (Å²) in [6, 6.07) is 17.6. The minimum atomic E-state index is -0.579. The minimum absolute atomic E-state index is 0.116. The number of anilines is 1. The van der Waals surface area contributed by atoms with Crippen molar-refractivity contribution in [2.24, 2.45) is 5.92 Å². The van der Waals surface area contributed by atoms with Crippen LogP contribution < -0.4 is 10.2 Å². The first-order chi connectivity index (χ1) is 11.6. The maximum atomic E-state index is 12.5. The lowest BCUT2D eigenvalue weighted by Gasteiger charge is -2.17. The molecule has 1 fully saturated rings. The zero-order valence-corrected chi connectivity index (χ0v) is 14.8. The Labute approximate surface area is 150 Å². The van der Waals surface area contributed by atoms with Crippen molar-refractivity contribution in [2.45, 2.75) is 12.8 Å². The van der Waals surface area contributed by atoms with Gasteiger partial charge >= 0.3 is 0 Å². The van der Waals surface area contributed by atoms with Crippen molar-refractivity contribution < 1.29 is 9.59 Å². The van der Waals surface area contributed by atoms with Crippen LogP contribution in [0.1, 0.15) is 12.0 Å². The smallest absolute Gasteiger partial charge is 0.239 e. The Morgan fingerprint density at radius 3 is 2.54 bits per heavy atom. The molecule has 0 aromatic heterocycles. The third-order valence-electron chi connectivity index (χ3n) is 4.22. The molecule has 5 heteroatoms. The molecule has 1 saturated heterocycles. The molecule has 0 saturated carbocycles. The summed E-state index contributed by atoms with van der Waals surface area (Å²) >= 11 is 3.38. The fraction of sp³-hybridized carbons (Fsp3) is 0.263. The molecule has 0 bridgehead atoms. The number of carbonyl (C=O) groups excluding carboxylic acids is 2. The first-order valence-corrected chi connectivity index (χ1v) is 8.83. The highest BCUT2D eigenvalue weighted by Gasteiger charge is 2.37. The summed E-state index contributed by atoms with van der Waals surface area (Å²) in [5.41, 5.74) is 2.01. The van der Waals surface area contributed by atoms with Gasteiger partial charge in [-0.1, -0.05) is 46.3 Å². The van der Waals surface area contributed by atoms with Crippen LogP contribution in [0.25, 0.3) is 0 Å². The Kier molecular flexibility index (Phi) is 5.30. The van der Waals surface area contributed by atoms with E-state index < -0.39 is 5.92 Å². The predicted octanol–water partition coefficient (Wildman–Crippen LogP) is 3.16. The molecule has 124 valence electrons. The number of hydrogen-bond acceptors (Lipinski definition) is 2. The summed E-state index contributed by atoms with van der Waals surface area (Å²) in [7, 11) is 0. The van der Waals surface area contributed by atoms with Crippen LogP contribution in [0.3, 0.4) is 0 Å². The second-order valence-corrected chi connectivity index (χ2v) is 6.75. The van der Waals surface area contributed by atoms with E-state index in [9.17, 15) is 9.59 Å². The van der Waals surface area contributed by atoms with E-state index >= 15 is 0 Å². The summed E-state index contributed by atoms with van der Waals surface area (Å²) < 4.78 is 0.966. The van der Waals surface area contributed by atoms with Crippen LogP contribution in [0.5, 0.6) is 0 Å². The fourth-order valence-corrected chi connectivity index (χ4v) is 3.16. The van der Waals surface area contributed by atoms with E-state index in [0.717, 1.165) is 16.6 Å². The Balaban J connectivity index is 1.54. The Morgan fingerprint density at radius 2 is 1.83 bits per heavy atom. The molecule has 24 heavy (non-hydrogen) atoms. The zero-order valence-electron chi connectivity index (χ0n) is 13.2. The first kappa shape index (κ1) is 16.7. The monoisotopic (exact) mass is 386 g/mol. The van der Waals surface area contributed by atoms with Gasteiger partial charge in [-0.15, -0.1) is 0 Å². The number of nitrogens with one attached hydrogen (secondary N) is 1. The molecule has 1 aliphatic heterocycles. The highest BCUT2D eigenvalue weighted by atomic mass is 79.9. The summed E-state index contributed by atoms with van der Waals surface area (Å²) in [6.45, 7) is 1.13. The van der Waals surface area contributed by atoms with Crippen LogP contribution in [0.15, 0.2) is 59.1 Å². The average molecular weight is 387 g/mol. The van der Waals surface area contributed by atoms with Gasteiger partial charge in [-0.3, -0.25) is 9.59 Å². The van der Waals surface area contributed by atoms with Crippen molar-refractivity contribution in [2.75, 3.05) is 18.0 Å². The number of amides is 2. The number of benzene rings is 2. The van der Waals surface area contributed by atoms with E-state index in [1.54, 1.807) is 4.90 Å². The Morgan fingerprint density at radius 1 is 1.12 bits per heavy atom. The molecule has 1 N–H and O–H groups in total. The molecule has 1 unspecified atom stereocenters. The highest BCUT2D eigenvalue weighted by Crippen LogP contribution is 2.26. The van der Waals surface area contributed by atoms with Crippen LogP contribution in [-0.2, 0) is 16.0 Å². The van der Waals surface area contributed by atoms with Gasteiger partial charge in [-0.05, 0) is 42.7 Å². The van der Waals surface area contributed by atoms with Crippen LogP contribution in [0.2, 0.25) is 0 Å². The number of carbonyl (C=O) groups is 2. The average Bonchev–Trinajstić information content (AvgIpc) is 2.98. The molecular weight excluding hydrogens is 368 g/mol.